The summed E-state index contributed by atoms with van der Waals surface area (Å²) >= 11 is 1.92. The zero-order valence-electron chi connectivity index (χ0n) is 17.4. The standard InChI is InChI=1S/C23H18FIN2O7/c24-15-11-27(23(31)26-19(15)28)20-17(25)18(34-22(30)14-9-5-2-6-10-14)16(33-20)12-32-21(29)13-7-3-1-4-8-13/h1-11,16-18,20H,12H2,(H,26,28,31)/t16-,17-,18+,20-/m1/s1. The van der Waals surface area contributed by atoms with Crippen molar-refractivity contribution in [2.75, 3.05) is 6.61 Å². The van der Waals surface area contributed by atoms with Gasteiger partial charge in [-0.05, 0) is 24.3 Å². The van der Waals surface area contributed by atoms with Crippen LogP contribution < -0.4 is 11.2 Å². The van der Waals surface area contributed by atoms with Crippen molar-refractivity contribution in [3.63, 3.8) is 0 Å². The summed E-state index contributed by atoms with van der Waals surface area (Å²) in [6, 6.07) is 16.5. The summed E-state index contributed by atoms with van der Waals surface area (Å²) in [6.45, 7) is -0.295. The molecule has 2 heterocycles. The van der Waals surface area contributed by atoms with Gasteiger partial charge in [-0.1, -0.05) is 59.0 Å². The van der Waals surface area contributed by atoms with Gasteiger partial charge in [-0.25, -0.2) is 14.4 Å². The van der Waals surface area contributed by atoms with E-state index < -0.39 is 51.4 Å². The molecule has 0 radical (unpaired) electrons. The summed E-state index contributed by atoms with van der Waals surface area (Å²) in [7, 11) is 0. The number of hydrogen-bond acceptors (Lipinski definition) is 7. The maximum Gasteiger partial charge on any atom is 0.338 e. The minimum Gasteiger partial charge on any atom is -0.459 e. The fraction of sp³-hybridized carbons (Fsp3) is 0.217. The minimum absolute atomic E-state index is 0.293. The highest BCUT2D eigenvalue weighted by atomic mass is 127. The van der Waals surface area contributed by atoms with Crippen LogP contribution in [0.25, 0.3) is 0 Å². The lowest BCUT2D eigenvalue weighted by Crippen LogP contribution is -2.38. The Balaban J connectivity index is 1.59. The fourth-order valence-electron chi connectivity index (χ4n) is 3.42. The van der Waals surface area contributed by atoms with E-state index in [1.54, 1.807) is 60.7 Å². The van der Waals surface area contributed by atoms with Crippen LogP contribution in [0.15, 0.2) is 76.4 Å². The van der Waals surface area contributed by atoms with Gasteiger partial charge < -0.3 is 14.2 Å². The van der Waals surface area contributed by atoms with E-state index in [0.717, 1.165) is 10.8 Å². The minimum atomic E-state index is -1.18. The van der Waals surface area contributed by atoms with Crippen LogP contribution in [0.2, 0.25) is 0 Å². The topological polar surface area (TPSA) is 117 Å². The van der Waals surface area contributed by atoms with Crippen molar-refractivity contribution in [2.24, 2.45) is 0 Å². The van der Waals surface area contributed by atoms with Gasteiger partial charge in [-0.3, -0.25) is 14.3 Å². The van der Waals surface area contributed by atoms with E-state index in [9.17, 15) is 23.6 Å². The number of carbonyl (C=O) groups is 2. The second-order valence-corrected chi connectivity index (χ2v) is 8.79. The molecule has 11 heteroatoms. The van der Waals surface area contributed by atoms with Crippen molar-refractivity contribution in [3.8, 4) is 0 Å². The first kappa shape index (κ1) is 23.8. The van der Waals surface area contributed by atoms with Gasteiger partial charge in [-0.2, -0.15) is 4.39 Å². The van der Waals surface area contributed by atoms with Crippen LogP contribution in [0.1, 0.15) is 26.9 Å². The van der Waals surface area contributed by atoms with Crippen molar-refractivity contribution in [1.82, 2.24) is 9.55 Å². The van der Waals surface area contributed by atoms with Crippen molar-refractivity contribution in [2.45, 2.75) is 22.4 Å². The number of aromatic nitrogens is 2. The van der Waals surface area contributed by atoms with Gasteiger partial charge >= 0.3 is 17.6 Å². The van der Waals surface area contributed by atoms with Crippen LogP contribution in [0.3, 0.4) is 0 Å². The number of aromatic amines is 1. The van der Waals surface area contributed by atoms with Gasteiger partial charge in [0, 0.05) is 0 Å². The Hall–Kier alpha value is -3.32. The molecule has 4 rings (SSSR count). The van der Waals surface area contributed by atoms with Gasteiger partial charge in [0.15, 0.2) is 6.23 Å². The van der Waals surface area contributed by atoms with Crippen LogP contribution in [0.5, 0.6) is 0 Å². The highest BCUT2D eigenvalue weighted by Gasteiger charge is 2.48. The number of nitrogens with zero attached hydrogens (tertiary/aromatic N) is 1. The first-order valence-electron chi connectivity index (χ1n) is 10.1. The SMILES string of the molecule is O=C(OC[C@H]1O[C@@H](n2cc(F)c(=O)[nH]c2=O)[C@H](I)[C@H]1OC(=O)c1ccccc1)c1ccccc1. The van der Waals surface area contributed by atoms with E-state index in [2.05, 4.69) is 0 Å². The lowest BCUT2D eigenvalue weighted by molar-refractivity contribution is -0.0583. The maximum atomic E-state index is 13.9. The largest absolute Gasteiger partial charge is 0.459 e. The molecule has 0 amide bonds. The molecule has 176 valence electrons. The molecule has 0 saturated carbocycles. The molecule has 34 heavy (non-hydrogen) atoms. The number of nitrogens with one attached hydrogen (secondary N) is 1. The molecule has 1 aromatic heterocycles. The summed E-state index contributed by atoms with van der Waals surface area (Å²) in [5, 5.41) is 0. The molecule has 1 aliphatic rings. The predicted molar refractivity (Wildman–Crippen MR) is 125 cm³/mol. The summed E-state index contributed by atoms with van der Waals surface area (Å²) in [6.07, 6.45) is -2.29. The quantitative estimate of drug-likeness (QED) is 0.271. The first-order valence-corrected chi connectivity index (χ1v) is 11.4. The summed E-state index contributed by atoms with van der Waals surface area (Å²) in [5.74, 6) is -2.43. The molecular formula is C23H18FIN2O7. The zero-order valence-corrected chi connectivity index (χ0v) is 19.6. The molecule has 1 N–H and O–H groups in total. The highest BCUT2D eigenvalue weighted by molar-refractivity contribution is 14.1. The van der Waals surface area contributed by atoms with Crippen LogP contribution in [-0.4, -0.2) is 44.2 Å². The van der Waals surface area contributed by atoms with Crippen LogP contribution >= 0.6 is 22.6 Å². The Morgan fingerprint density at radius 2 is 1.59 bits per heavy atom. The molecule has 0 spiro atoms. The van der Waals surface area contributed by atoms with Crippen molar-refractivity contribution in [1.29, 1.82) is 0 Å². The molecule has 1 saturated heterocycles. The molecular weight excluding hydrogens is 562 g/mol. The average Bonchev–Trinajstić information content (AvgIpc) is 3.15. The normalized spacial score (nSPS) is 21.7. The Morgan fingerprint density at radius 1 is 1.00 bits per heavy atom. The lowest BCUT2D eigenvalue weighted by Gasteiger charge is -2.20. The van der Waals surface area contributed by atoms with Gasteiger partial charge in [0.25, 0.3) is 5.56 Å². The molecule has 4 atom stereocenters. The van der Waals surface area contributed by atoms with Gasteiger partial charge in [0.2, 0.25) is 5.82 Å². The third kappa shape index (κ3) is 5.09. The van der Waals surface area contributed by atoms with Crippen LogP contribution in [-0.2, 0) is 14.2 Å². The molecule has 1 aliphatic heterocycles. The monoisotopic (exact) mass is 580 g/mol. The number of hydrogen-bond donors (Lipinski definition) is 1. The molecule has 3 aromatic rings. The van der Waals surface area contributed by atoms with Crippen LogP contribution in [0, 0.1) is 5.82 Å². The summed E-state index contributed by atoms with van der Waals surface area (Å²) in [5.41, 5.74) is -1.44. The Kier molecular flexibility index (Phi) is 7.22. The third-order valence-electron chi connectivity index (χ3n) is 5.11. The van der Waals surface area contributed by atoms with Crippen molar-refractivity contribution >= 4 is 34.5 Å². The van der Waals surface area contributed by atoms with E-state index in [1.807, 2.05) is 27.6 Å². The average molecular weight is 580 g/mol. The van der Waals surface area contributed by atoms with Crippen LogP contribution in [0.4, 0.5) is 4.39 Å². The van der Waals surface area contributed by atoms with E-state index in [4.69, 9.17) is 14.2 Å². The highest BCUT2D eigenvalue weighted by Crippen LogP contribution is 2.37. The fourth-order valence-corrected chi connectivity index (χ4v) is 4.55. The summed E-state index contributed by atoms with van der Waals surface area (Å²) < 4.78 is 31.0. The second kappa shape index (κ2) is 10.3. The molecule has 0 bridgehead atoms. The van der Waals surface area contributed by atoms with Crippen molar-refractivity contribution in [3.05, 3.63) is 105 Å². The zero-order chi connectivity index (χ0) is 24.2. The second-order valence-electron chi connectivity index (χ2n) is 7.35. The summed E-state index contributed by atoms with van der Waals surface area (Å²) in [4.78, 5) is 50.7. The molecule has 0 unspecified atom stereocenters. The van der Waals surface area contributed by atoms with E-state index in [0.29, 0.717) is 11.1 Å². The lowest BCUT2D eigenvalue weighted by atomic mass is 10.1. The van der Waals surface area contributed by atoms with E-state index >= 15 is 0 Å². The molecule has 1 fully saturated rings. The Morgan fingerprint density at radius 3 is 2.21 bits per heavy atom. The number of H-pyrrole nitrogens is 1. The number of alkyl halides is 1. The molecule has 2 aromatic carbocycles. The van der Waals surface area contributed by atoms with E-state index in [-0.39, 0.29) is 6.61 Å². The van der Waals surface area contributed by atoms with Gasteiger partial charge in [0.05, 0.1) is 21.2 Å². The number of carbonyl (C=O) groups excluding carboxylic acids is 2. The predicted octanol–water partition coefficient (Wildman–Crippen LogP) is 2.46. The first-order chi connectivity index (χ1) is 16.3. The molecule has 0 aliphatic carbocycles. The number of benzene rings is 2. The Bertz CT molecular complexity index is 1300. The number of ether oxygens (including phenoxy) is 3. The number of halogens is 2. The van der Waals surface area contributed by atoms with Gasteiger partial charge in [0.1, 0.15) is 18.8 Å². The smallest absolute Gasteiger partial charge is 0.338 e. The van der Waals surface area contributed by atoms with Crippen molar-refractivity contribution < 1.29 is 28.2 Å². The van der Waals surface area contributed by atoms with E-state index in [1.165, 1.54) is 0 Å². The van der Waals surface area contributed by atoms with Gasteiger partial charge in [-0.15, -0.1) is 0 Å². The number of rotatable bonds is 6. The maximum absolute atomic E-state index is 13.9. The third-order valence-corrected chi connectivity index (χ3v) is 6.43. The molecule has 9 nitrogen and oxygen atoms in total. The Labute approximate surface area is 205 Å². The number of esters is 2.